The highest BCUT2D eigenvalue weighted by Gasteiger charge is 2.40. The predicted molar refractivity (Wildman–Crippen MR) is 151 cm³/mol. The van der Waals surface area contributed by atoms with E-state index in [9.17, 15) is 19.5 Å². The highest BCUT2D eigenvalue weighted by atomic mass is 35.5. The third kappa shape index (κ3) is 6.29. The molecule has 0 bridgehead atoms. The first kappa shape index (κ1) is 28.3. The molecule has 2 heterocycles. The molecule has 0 aromatic heterocycles. The Morgan fingerprint density at radius 1 is 1.11 bits per heavy atom. The van der Waals surface area contributed by atoms with E-state index in [1.807, 2.05) is 41.3 Å². The van der Waals surface area contributed by atoms with Gasteiger partial charge in [-0.1, -0.05) is 50.6 Å². The number of carbonyl (C=O) groups excluding carboxylic acids is 2. The maximum atomic E-state index is 14.2. The van der Waals surface area contributed by atoms with Crippen LogP contribution in [0.3, 0.4) is 0 Å². The first-order valence-corrected chi connectivity index (χ1v) is 14.2. The van der Waals surface area contributed by atoms with Crippen molar-refractivity contribution in [2.75, 3.05) is 31.6 Å². The van der Waals surface area contributed by atoms with Crippen LogP contribution in [0.2, 0.25) is 5.02 Å². The summed E-state index contributed by atoms with van der Waals surface area (Å²) in [6.07, 6.45) is 0.892. The van der Waals surface area contributed by atoms with Crippen LogP contribution >= 0.6 is 23.4 Å². The van der Waals surface area contributed by atoms with Crippen molar-refractivity contribution in [2.24, 2.45) is 11.3 Å². The minimum atomic E-state index is -0.819. The molecule has 0 radical (unpaired) electrons. The van der Waals surface area contributed by atoms with E-state index in [0.29, 0.717) is 43.2 Å². The molecule has 1 N–H and O–H groups in total. The standard InChI is InChI=1S/C29H35ClN2O5S/c1-29(2,3)17-32-22-10-9-19(30)15-21(22)26(20-7-5-6-8-23(20)37-4)38-24(27(32)34)16-25(33)31-13-11-18(12-14-31)28(35)36/h5-10,15,18,24,26H,11-14,16-17H2,1-4H3,(H,35,36)/t24-,26-/m0/s1. The Morgan fingerprint density at radius 3 is 2.42 bits per heavy atom. The fourth-order valence-corrected chi connectivity index (χ4v) is 6.80. The number of methoxy groups -OCH3 is 1. The summed E-state index contributed by atoms with van der Waals surface area (Å²) in [4.78, 5) is 42.5. The van der Waals surface area contributed by atoms with Gasteiger partial charge in [0.15, 0.2) is 0 Å². The number of anilines is 1. The lowest BCUT2D eigenvalue weighted by molar-refractivity contribution is -0.145. The molecule has 0 saturated carbocycles. The molecule has 2 amide bonds. The number of carboxylic acids is 1. The molecular formula is C29H35ClN2O5S. The normalized spacial score (nSPS) is 20.6. The van der Waals surface area contributed by atoms with Crippen LogP contribution in [0.4, 0.5) is 5.69 Å². The maximum absolute atomic E-state index is 14.2. The van der Waals surface area contributed by atoms with Crippen LogP contribution in [-0.4, -0.2) is 59.8 Å². The van der Waals surface area contributed by atoms with Gasteiger partial charge in [0.1, 0.15) is 5.75 Å². The molecule has 2 aromatic carbocycles. The van der Waals surface area contributed by atoms with Gasteiger partial charge in [0, 0.05) is 42.3 Å². The molecule has 1 saturated heterocycles. The van der Waals surface area contributed by atoms with Crippen molar-refractivity contribution in [2.45, 2.75) is 50.5 Å². The summed E-state index contributed by atoms with van der Waals surface area (Å²) < 4.78 is 5.69. The summed E-state index contributed by atoms with van der Waals surface area (Å²) in [5, 5.41) is 8.97. The van der Waals surface area contributed by atoms with Gasteiger partial charge in [0.25, 0.3) is 0 Å². The van der Waals surface area contributed by atoms with E-state index in [4.69, 9.17) is 16.3 Å². The van der Waals surface area contributed by atoms with E-state index in [-0.39, 0.29) is 28.9 Å². The number of para-hydroxylation sites is 1. The number of halogens is 1. The number of piperidine rings is 1. The molecule has 2 aliphatic heterocycles. The molecule has 2 atom stereocenters. The number of ether oxygens (including phenoxy) is 1. The largest absolute Gasteiger partial charge is 0.496 e. The first-order chi connectivity index (χ1) is 18.0. The second kappa shape index (κ2) is 11.6. The van der Waals surface area contributed by atoms with E-state index in [1.54, 1.807) is 18.1 Å². The molecule has 4 rings (SSSR count). The molecule has 2 aromatic rings. The van der Waals surface area contributed by atoms with Crippen LogP contribution < -0.4 is 9.64 Å². The lowest BCUT2D eigenvalue weighted by atomic mass is 9.94. The van der Waals surface area contributed by atoms with E-state index < -0.39 is 17.1 Å². The van der Waals surface area contributed by atoms with Crippen LogP contribution in [0.15, 0.2) is 42.5 Å². The Labute approximate surface area is 233 Å². The number of likely N-dealkylation sites (tertiary alicyclic amines) is 1. The van der Waals surface area contributed by atoms with Gasteiger partial charge >= 0.3 is 5.97 Å². The predicted octanol–water partition coefficient (Wildman–Crippen LogP) is 5.65. The smallest absolute Gasteiger partial charge is 0.306 e. The monoisotopic (exact) mass is 558 g/mol. The number of hydrogen-bond acceptors (Lipinski definition) is 5. The van der Waals surface area contributed by atoms with Crippen LogP contribution in [0.25, 0.3) is 0 Å². The minimum absolute atomic E-state index is 0.0370. The maximum Gasteiger partial charge on any atom is 0.306 e. The molecule has 204 valence electrons. The molecular weight excluding hydrogens is 524 g/mol. The number of thioether (sulfide) groups is 1. The van der Waals surface area contributed by atoms with Gasteiger partial charge in [-0.15, -0.1) is 11.8 Å². The third-order valence-corrected chi connectivity index (χ3v) is 8.73. The lowest BCUT2D eigenvalue weighted by Gasteiger charge is -2.33. The average Bonchev–Trinajstić information content (AvgIpc) is 2.98. The zero-order valence-electron chi connectivity index (χ0n) is 22.3. The van der Waals surface area contributed by atoms with Gasteiger partial charge in [-0.3, -0.25) is 14.4 Å². The fraction of sp³-hybridized carbons (Fsp3) is 0.483. The van der Waals surface area contributed by atoms with Gasteiger partial charge in [-0.25, -0.2) is 0 Å². The second-order valence-corrected chi connectivity index (χ2v) is 12.9. The number of amides is 2. The average molecular weight is 559 g/mol. The number of carbonyl (C=O) groups is 3. The summed E-state index contributed by atoms with van der Waals surface area (Å²) in [6, 6.07) is 13.3. The number of hydrogen-bond donors (Lipinski definition) is 1. The zero-order chi connectivity index (χ0) is 27.6. The Kier molecular flexibility index (Phi) is 8.62. The van der Waals surface area contributed by atoms with Gasteiger partial charge < -0.3 is 19.6 Å². The molecule has 9 heteroatoms. The third-order valence-electron chi connectivity index (χ3n) is 7.02. The number of aliphatic carboxylic acids is 1. The van der Waals surface area contributed by atoms with Crippen LogP contribution in [-0.2, 0) is 14.4 Å². The summed E-state index contributed by atoms with van der Waals surface area (Å²) in [5.41, 5.74) is 2.42. The Balaban J connectivity index is 1.73. The Bertz CT molecular complexity index is 1210. The highest BCUT2D eigenvalue weighted by molar-refractivity contribution is 8.01. The van der Waals surface area contributed by atoms with E-state index in [2.05, 4.69) is 20.8 Å². The summed E-state index contributed by atoms with van der Waals surface area (Å²) in [5.74, 6) is -0.781. The summed E-state index contributed by atoms with van der Waals surface area (Å²) >= 11 is 7.93. The van der Waals surface area contributed by atoms with E-state index in [1.165, 1.54) is 11.8 Å². The minimum Gasteiger partial charge on any atom is -0.496 e. The Morgan fingerprint density at radius 2 is 1.79 bits per heavy atom. The van der Waals surface area contributed by atoms with E-state index >= 15 is 0 Å². The summed E-state index contributed by atoms with van der Waals surface area (Å²) in [6.45, 7) is 7.50. The molecule has 7 nitrogen and oxygen atoms in total. The molecule has 1 fully saturated rings. The Hall–Kier alpha value is -2.71. The van der Waals surface area contributed by atoms with Crippen LogP contribution in [0, 0.1) is 11.3 Å². The quantitative estimate of drug-likeness (QED) is 0.493. The van der Waals surface area contributed by atoms with Gasteiger partial charge in [0.2, 0.25) is 11.8 Å². The SMILES string of the molecule is COc1ccccc1[C@@H]1S[C@@H](CC(=O)N2CCC(C(=O)O)CC2)C(=O)N(CC(C)(C)C)c2ccc(Cl)cc21. The van der Waals surface area contributed by atoms with Crippen molar-refractivity contribution in [3.05, 3.63) is 58.6 Å². The van der Waals surface area contributed by atoms with Gasteiger partial charge in [-0.2, -0.15) is 0 Å². The van der Waals surface area contributed by atoms with Crippen molar-refractivity contribution >= 4 is 46.8 Å². The van der Waals surface area contributed by atoms with Crippen LogP contribution in [0.1, 0.15) is 56.4 Å². The fourth-order valence-electron chi connectivity index (χ4n) is 5.13. The van der Waals surface area contributed by atoms with Gasteiger partial charge in [0.05, 0.1) is 23.5 Å². The number of rotatable bonds is 6. The van der Waals surface area contributed by atoms with Crippen molar-refractivity contribution in [1.82, 2.24) is 4.90 Å². The topological polar surface area (TPSA) is 87.1 Å². The van der Waals surface area contributed by atoms with Crippen molar-refractivity contribution < 1.29 is 24.2 Å². The van der Waals surface area contributed by atoms with Crippen molar-refractivity contribution in [1.29, 1.82) is 0 Å². The number of nitrogens with zero attached hydrogens (tertiary/aromatic N) is 2. The number of benzene rings is 2. The lowest BCUT2D eigenvalue weighted by Crippen LogP contribution is -2.45. The highest BCUT2D eigenvalue weighted by Crippen LogP contribution is 2.50. The second-order valence-electron chi connectivity index (χ2n) is 11.1. The number of carboxylic acid groups (broad SMARTS) is 1. The van der Waals surface area contributed by atoms with Gasteiger partial charge in [-0.05, 0) is 48.1 Å². The molecule has 0 aliphatic carbocycles. The van der Waals surface area contributed by atoms with Crippen molar-refractivity contribution in [3.8, 4) is 5.75 Å². The molecule has 2 aliphatic rings. The summed E-state index contributed by atoms with van der Waals surface area (Å²) in [7, 11) is 1.62. The molecule has 38 heavy (non-hydrogen) atoms. The van der Waals surface area contributed by atoms with Crippen molar-refractivity contribution in [3.63, 3.8) is 0 Å². The van der Waals surface area contributed by atoms with Crippen LogP contribution in [0.5, 0.6) is 5.75 Å². The zero-order valence-corrected chi connectivity index (χ0v) is 23.8. The number of fused-ring (bicyclic) bond motifs is 1. The van der Waals surface area contributed by atoms with E-state index in [0.717, 1.165) is 16.8 Å². The molecule has 0 unspecified atom stereocenters. The molecule has 0 spiro atoms. The first-order valence-electron chi connectivity index (χ1n) is 12.9.